The second-order valence-corrected chi connectivity index (χ2v) is 3.68. The van der Waals surface area contributed by atoms with Crippen LogP contribution in [0.25, 0.3) is 0 Å². The highest BCUT2D eigenvalue weighted by Crippen LogP contribution is 2.01. The van der Waals surface area contributed by atoms with E-state index in [0.29, 0.717) is 18.5 Å². The van der Waals surface area contributed by atoms with Crippen LogP contribution >= 0.6 is 0 Å². The van der Waals surface area contributed by atoms with Crippen molar-refractivity contribution in [2.45, 2.75) is 33.7 Å². The molecule has 0 fully saturated rings. The van der Waals surface area contributed by atoms with Gasteiger partial charge in [0.05, 0.1) is 5.92 Å². The van der Waals surface area contributed by atoms with E-state index in [0.717, 1.165) is 0 Å². The lowest BCUT2D eigenvalue weighted by atomic mass is 10.1. The summed E-state index contributed by atoms with van der Waals surface area (Å²) >= 11 is 0. The molecule has 0 aliphatic carbocycles. The molecule has 0 rings (SSSR count). The first kappa shape index (κ1) is 11.4. The number of hydrogen-bond acceptors (Lipinski definition) is 2. The highest BCUT2D eigenvalue weighted by molar-refractivity contribution is 5.69. The van der Waals surface area contributed by atoms with Crippen LogP contribution in [-0.4, -0.2) is 23.7 Å². The molecule has 0 aliphatic heterocycles. The van der Waals surface area contributed by atoms with Gasteiger partial charge in [-0.3, -0.25) is 4.79 Å². The number of carboxylic acids is 1. The summed E-state index contributed by atoms with van der Waals surface area (Å²) < 4.78 is 0. The van der Waals surface area contributed by atoms with Gasteiger partial charge in [-0.15, -0.1) is 0 Å². The molecule has 2 unspecified atom stereocenters. The molecule has 72 valence electrons. The minimum absolute atomic E-state index is 0.300. The zero-order valence-electron chi connectivity index (χ0n) is 8.29. The predicted octanol–water partition coefficient (Wildman–Crippen LogP) is 1.34. The average Bonchev–Trinajstić information content (AvgIpc) is 1.98. The Labute approximate surface area is 74.2 Å². The molecule has 0 aliphatic rings. The molecule has 0 aromatic rings. The molecular weight excluding hydrogens is 154 g/mol. The van der Waals surface area contributed by atoms with Gasteiger partial charge >= 0.3 is 5.97 Å². The van der Waals surface area contributed by atoms with Gasteiger partial charge in [0.25, 0.3) is 0 Å². The van der Waals surface area contributed by atoms with Crippen LogP contribution in [0.4, 0.5) is 0 Å². The normalized spacial score (nSPS) is 16.1. The molecule has 0 spiro atoms. The summed E-state index contributed by atoms with van der Waals surface area (Å²) in [6, 6.07) is 0.381. The van der Waals surface area contributed by atoms with Gasteiger partial charge in [0.1, 0.15) is 0 Å². The standard InChI is InChI=1S/C9H19NO2/c1-6(2)8(4)10-5-7(3)9(11)12/h6-8,10H,5H2,1-4H3,(H,11,12). The van der Waals surface area contributed by atoms with E-state index >= 15 is 0 Å². The molecule has 0 heterocycles. The molecule has 12 heavy (non-hydrogen) atoms. The Balaban J connectivity index is 3.61. The molecule has 3 nitrogen and oxygen atoms in total. The fraction of sp³-hybridized carbons (Fsp3) is 0.889. The predicted molar refractivity (Wildman–Crippen MR) is 49.1 cm³/mol. The Morgan fingerprint density at radius 1 is 1.33 bits per heavy atom. The van der Waals surface area contributed by atoms with Crippen molar-refractivity contribution in [1.29, 1.82) is 0 Å². The van der Waals surface area contributed by atoms with Crippen LogP contribution < -0.4 is 5.32 Å². The molecule has 0 saturated heterocycles. The summed E-state index contributed by atoms with van der Waals surface area (Å²) in [7, 11) is 0. The highest BCUT2D eigenvalue weighted by atomic mass is 16.4. The zero-order valence-corrected chi connectivity index (χ0v) is 8.29. The van der Waals surface area contributed by atoms with E-state index in [9.17, 15) is 4.79 Å². The number of hydrogen-bond donors (Lipinski definition) is 2. The minimum atomic E-state index is -0.738. The van der Waals surface area contributed by atoms with Crippen LogP contribution in [0.15, 0.2) is 0 Å². The third-order valence-corrected chi connectivity index (χ3v) is 2.17. The molecule has 0 radical (unpaired) electrons. The summed E-state index contributed by atoms with van der Waals surface area (Å²) in [6.45, 7) is 8.56. The van der Waals surface area contributed by atoms with Crippen LogP contribution in [0, 0.1) is 11.8 Å². The van der Waals surface area contributed by atoms with E-state index in [1.807, 2.05) is 0 Å². The van der Waals surface area contributed by atoms with Crippen molar-refractivity contribution >= 4 is 5.97 Å². The van der Waals surface area contributed by atoms with E-state index < -0.39 is 5.97 Å². The lowest BCUT2D eigenvalue weighted by molar-refractivity contribution is -0.141. The minimum Gasteiger partial charge on any atom is -0.481 e. The molecule has 3 heteroatoms. The van der Waals surface area contributed by atoms with Crippen molar-refractivity contribution in [1.82, 2.24) is 5.32 Å². The number of nitrogens with one attached hydrogen (secondary N) is 1. The Kier molecular flexibility index (Phi) is 4.90. The quantitative estimate of drug-likeness (QED) is 0.659. The molecule has 0 aromatic heterocycles. The lowest BCUT2D eigenvalue weighted by Gasteiger charge is -2.18. The fourth-order valence-electron chi connectivity index (χ4n) is 0.686. The van der Waals surface area contributed by atoms with Crippen LogP contribution in [0.3, 0.4) is 0 Å². The van der Waals surface area contributed by atoms with Gasteiger partial charge in [-0.1, -0.05) is 20.8 Å². The maximum atomic E-state index is 10.4. The number of carboxylic acid groups (broad SMARTS) is 1. The van der Waals surface area contributed by atoms with Gasteiger partial charge in [-0.2, -0.15) is 0 Å². The maximum Gasteiger partial charge on any atom is 0.307 e. The summed E-state index contributed by atoms with van der Waals surface area (Å²) in [4.78, 5) is 10.4. The van der Waals surface area contributed by atoms with E-state index in [-0.39, 0.29) is 5.92 Å². The maximum absolute atomic E-state index is 10.4. The van der Waals surface area contributed by atoms with Gasteiger partial charge in [-0.05, 0) is 12.8 Å². The molecule has 0 bridgehead atoms. The Hall–Kier alpha value is -0.570. The van der Waals surface area contributed by atoms with E-state index in [4.69, 9.17) is 5.11 Å². The fourth-order valence-corrected chi connectivity index (χ4v) is 0.686. The summed E-state index contributed by atoms with van der Waals surface area (Å²) in [6.07, 6.45) is 0. The van der Waals surface area contributed by atoms with E-state index in [1.165, 1.54) is 0 Å². The Morgan fingerprint density at radius 2 is 1.83 bits per heavy atom. The van der Waals surface area contributed by atoms with Gasteiger partial charge in [0.2, 0.25) is 0 Å². The molecular formula is C9H19NO2. The van der Waals surface area contributed by atoms with E-state index in [2.05, 4.69) is 26.1 Å². The topological polar surface area (TPSA) is 49.3 Å². The largest absolute Gasteiger partial charge is 0.481 e. The second kappa shape index (κ2) is 5.14. The van der Waals surface area contributed by atoms with Crippen LogP contribution in [0.1, 0.15) is 27.7 Å². The van der Waals surface area contributed by atoms with Crippen molar-refractivity contribution in [3.63, 3.8) is 0 Å². The van der Waals surface area contributed by atoms with Crippen molar-refractivity contribution < 1.29 is 9.90 Å². The zero-order chi connectivity index (χ0) is 9.72. The third-order valence-electron chi connectivity index (χ3n) is 2.17. The SMILES string of the molecule is CC(CNC(C)C(C)C)C(=O)O. The first-order valence-corrected chi connectivity index (χ1v) is 4.41. The summed E-state index contributed by atoms with van der Waals surface area (Å²) in [5.74, 6) is -0.490. The average molecular weight is 173 g/mol. The molecule has 0 amide bonds. The monoisotopic (exact) mass is 173 g/mol. The summed E-state index contributed by atoms with van der Waals surface area (Å²) in [5, 5.41) is 11.8. The van der Waals surface area contributed by atoms with E-state index in [1.54, 1.807) is 6.92 Å². The Morgan fingerprint density at radius 3 is 2.17 bits per heavy atom. The molecule has 0 aromatic carbocycles. The van der Waals surface area contributed by atoms with Crippen molar-refractivity contribution in [3.05, 3.63) is 0 Å². The number of carbonyl (C=O) groups is 1. The summed E-state index contributed by atoms with van der Waals surface area (Å²) in [5.41, 5.74) is 0. The van der Waals surface area contributed by atoms with Crippen molar-refractivity contribution in [3.8, 4) is 0 Å². The van der Waals surface area contributed by atoms with Crippen LogP contribution in [0.5, 0.6) is 0 Å². The number of rotatable bonds is 5. The van der Waals surface area contributed by atoms with Crippen LogP contribution in [-0.2, 0) is 4.79 Å². The lowest BCUT2D eigenvalue weighted by Crippen LogP contribution is -2.36. The highest BCUT2D eigenvalue weighted by Gasteiger charge is 2.12. The molecule has 2 atom stereocenters. The van der Waals surface area contributed by atoms with Crippen molar-refractivity contribution in [2.24, 2.45) is 11.8 Å². The first-order valence-electron chi connectivity index (χ1n) is 4.41. The van der Waals surface area contributed by atoms with Gasteiger partial charge in [0.15, 0.2) is 0 Å². The van der Waals surface area contributed by atoms with Gasteiger partial charge < -0.3 is 10.4 Å². The second-order valence-electron chi connectivity index (χ2n) is 3.68. The van der Waals surface area contributed by atoms with Crippen molar-refractivity contribution in [2.75, 3.05) is 6.54 Å². The molecule has 0 saturated carbocycles. The van der Waals surface area contributed by atoms with Crippen LogP contribution in [0.2, 0.25) is 0 Å². The third kappa shape index (κ3) is 4.34. The Bertz CT molecular complexity index is 145. The molecule has 2 N–H and O–H groups in total. The number of aliphatic carboxylic acids is 1. The first-order chi connectivity index (χ1) is 5.45. The smallest absolute Gasteiger partial charge is 0.307 e. The van der Waals surface area contributed by atoms with Gasteiger partial charge in [0, 0.05) is 12.6 Å². The van der Waals surface area contributed by atoms with Gasteiger partial charge in [-0.25, -0.2) is 0 Å².